The number of hydrogen-bond acceptors (Lipinski definition) is 3. The molecule has 1 aromatic heterocycles. The van der Waals surface area contributed by atoms with E-state index in [1.165, 1.54) is 17.4 Å². The Bertz CT molecular complexity index is 603. The highest BCUT2D eigenvalue weighted by Crippen LogP contribution is 2.29. The Morgan fingerprint density at radius 1 is 1.39 bits per heavy atom. The summed E-state index contributed by atoms with van der Waals surface area (Å²) in [6.07, 6.45) is 0. The van der Waals surface area contributed by atoms with Crippen LogP contribution in [0.1, 0.15) is 23.4 Å². The van der Waals surface area contributed by atoms with E-state index in [1.54, 1.807) is 12.1 Å². The first-order valence-electron chi connectivity index (χ1n) is 5.31. The molecule has 0 saturated heterocycles. The van der Waals surface area contributed by atoms with Crippen LogP contribution in [-0.4, -0.2) is 0 Å². The van der Waals surface area contributed by atoms with Crippen molar-refractivity contribution in [1.82, 2.24) is 0 Å². The van der Waals surface area contributed by atoms with Gasteiger partial charge in [-0.3, -0.25) is 0 Å². The lowest BCUT2D eigenvalue weighted by molar-refractivity contribution is 0.627. The van der Waals surface area contributed by atoms with E-state index in [9.17, 15) is 4.39 Å². The molecular formula is C13H10ClFN2S. The van der Waals surface area contributed by atoms with Gasteiger partial charge in [-0.25, -0.2) is 4.39 Å². The number of thiophene rings is 1. The van der Waals surface area contributed by atoms with Gasteiger partial charge < -0.3 is 5.32 Å². The van der Waals surface area contributed by atoms with Crippen molar-refractivity contribution < 1.29 is 4.39 Å². The minimum atomic E-state index is -0.427. The van der Waals surface area contributed by atoms with Gasteiger partial charge in [0.2, 0.25) is 0 Å². The van der Waals surface area contributed by atoms with Crippen molar-refractivity contribution >= 4 is 28.6 Å². The van der Waals surface area contributed by atoms with Crippen molar-refractivity contribution in [2.45, 2.75) is 13.0 Å². The molecule has 1 heterocycles. The Kier molecular flexibility index (Phi) is 3.85. The van der Waals surface area contributed by atoms with E-state index in [2.05, 4.69) is 5.32 Å². The quantitative estimate of drug-likeness (QED) is 0.893. The Labute approximate surface area is 114 Å². The minimum absolute atomic E-state index is 0.0371. The molecule has 0 aliphatic rings. The SMILES string of the molecule is CC(Nc1ccc(C#N)cc1F)c1ccc(Cl)s1. The summed E-state index contributed by atoms with van der Waals surface area (Å²) in [5.41, 5.74) is 0.691. The van der Waals surface area contributed by atoms with E-state index in [0.29, 0.717) is 15.6 Å². The third-order valence-corrected chi connectivity index (χ3v) is 3.90. The molecule has 0 bridgehead atoms. The molecule has 1 unspecified atom stereocenters. The number of rotatable bonds is 3. The second-order valence-electron chi connectivity index (χ2n) is 3.81. The van der Waals surface area contributed by atoms with Crippen LogP contribution >= 0.6 is 22.9 Å². The number of halogens is 2. The molecule has 5 heteroatoms. The van der Waals surface area contributed by atoms with Crippen molar-refractivity contribution in [2.24, 2.45) is 0 Å². The fourth-order valence-electron chi connectivity index (χ4n) is 1.57. The first kappa shape index (κ1) is 12.9. The van der Waals surface area contributed by atoms with Gasteiger partial charge in [0, 0.05) is 4.88 Å². The number of hydrogen-bond donors (Lipinski definition) is 1. The molecule has 0 amide bonds. The molecule has 0 radical (unpaired) electrons. The summed E-state index contributed by atoms with van der Waals surface area (Å²) in [4.78, 5) is 1.03. The molecule has 2 nitrogen and oxygen atoms in total. The van der Waals surface area contributed by atoms with Gasteiger partial charge in [0.1, 0.15) is 5.82 Å². The predicted molar refractivity (Wildman–Crippen MR) is 72.5 cm³/mol. The molecule has 2 aromatic rings. The van der Waals surface area contributed by atoms with Crippen LogP contribution in [0.5, 0.6) is 0 Å². The number of anilines is 1. The summed E-state index contributed by atoms with van der Waals surface area (Å²) in [5, 5.41) is 11.7. The molecule has 1 aromatic carbocycles. The lowest BCUT2D eigenvalue weighted by Crippen LogP contribution is -2.06. The van der Waals surface area contributed by atoms with Crippen LogP contribution in [0.15, 0.2) is 30.3 Å². The zero-order chi connectivity index (χ0) is 13.1. The van der Waals surface area contributed by atoms with Gasteiger partial charge in [0.05, 0.1) is 27.7 Å². The average Bonchev–Trinajstić information content (AvgIpc) is 2.78. The molecule has 0 saturated carbocycles. The number of benzene rings is 1. The molecule has 1 N–H and O–H groups in total. The second kappa shape index (κ2) is 5.38. The molecule has 1 atom stereocenters. The fourth-order valence-corrected chi connectivity index (χ4v) is 2.63. The molecule has 92 valence electrons. The van der Waals surface area contributed by atoms with Crippen molar-refractivity contribution in [1.29, 1.82) is 5.26 Å². The van der Waals surface area contributed by atoms with Crippen LogP contribution in [-0.2, 0) is 0 Å². The largest absolute Gasteiger partial charge is 0.375 e. The van der Waals surface area contributed by atoms with E-state index in [1.807, 2.05) is 25.1 Å². The normalized spacial score (nSPS) is 11.9. The van der Waals surface area contributed by atoms with Crippen molar-refractivity contribution in [3.63, 3.8) is 0 Å². The Morgan fingerprint density at radius 3 is 2.72 bits per heavy atom. The molecule has 0 fully saturated rings. The average molecular weight is 281 g/mol. The topological polar surface area (TPSA) is 35.8 Å². The zero-order valence-corrected chi connectivity index (χ0v) is 11.1. The summed E-state index contributed by atoms with van der Waals surface area (Å²) < 4.78 is 14.4. The number of nitrogens with zero attached hydrogens (tertiary/aromatic N) is 1. The highest BCUT2D eigenvalue weighted by Gasteiger charge is 2.11. The predicted octanol–water partition coefficient (Wildman–Crippen LogP) is 4.59. The highest BCUT2D eigenvalue weighted by atomic mass is 35.5. The fraction of sp³-hybridized carbons (Fsp3) is 0.154. The summed E-state index contributed by atoms with van der Waals surface area (Å²) in [6.45, 7) is 1.93. The van der Waals surface area contributed by atoms with Gasteiger partial charge in [-0.2, -0.15) is 5.26 Å². The highest BCUT2D eigenvalue weighted by molar-refractivity contribution is 7.16. The number of nitrogens with one attached hydrogen (secondary N) is 1. The van der Waals surface area contributed by atoms with Gasteiger partial charge in [0.25, 0.3) is 0 Å². The van der Waals surface area contributed by atoms with Gasteiger partial charge in [-0.1, -0.05) is 11.6 Å². The zero-order valence-electron chi connectivity index (χ0n) is 9.58. The maximum Gasteiger partial charge on any atom is 0.147 e. The standard InChI is InChI=1S/C13H10ClFN2S/c1-8(12-4-5-13(14)18-12)17-11-3-2-9(7-16)6-10(11)15/h2-6,8,17H,1H3. The van der Waals surface area contributed by atoms with Gasteiger partial charge in [0.15, 0.2) is 0 Å². The Morgan fingerprint density at radius 2 is 2.17 bits per heavy atom. The smallest absolute Gasteiger partial charge is 0.147 e. The monoisotopic (exact) mass is 280 g/mol. The summed E-state index contributed by atoms with van der Waals surface area (Å²) in [7, 11) is 0. The van der Waals surface area contributed by atoms with Gasteiger partial charge in [-0.15, -0.1) is 11.3 Å². The lowest BCUT2D eigenvalue weighted by Gasteiger charge is -2.14. The maximum atomic E-state index is 13.7. The third-order valence-electron chi connectivity index (χ3n) is 2.49. The second-order valence-corrected chi connectivity index (χ2v) is 5.56. The van der Waals surface area contributed by atoms with Crippen LogP contribution in [0.25, 0.3) is 0 Å². The van der Waals surface area contributed by atoms with E-state index >= 15 is 0 Å². The summed E-state index contributed by atoms with van der Waals surface area (Å²) >= 11 is 7.32. The Balaban J connectivity index is 2.17. The molecule has 18 heavy (non-hydrogen) atoms. The summed E-state index contributed by atoms with van der Waals surface area (Å²) in [5.74, 6) is -0.427. The Hall–Kier alpha value is -1.57. The van der Waals surface area contributed by atoms with Gasteiger partial charge in [-0.05, 0) is 37.3 Å². The van der Waals surface area contributed by atoms with Crippen LogP contribution in [0.3, 0.4) is 0 Å². The molecule has 0 spiro atoms. The first-order chi connectivity index (χ1) is 8.60. The van der Waals surface area contributed by atoms with E-state index in [4.69, 9.17) is 16.9 Å². The number of nitriles is 1. The maximum absolute atomic E-state index is 13.7. The van der Waals surface area contributed by atoms with Crippen LogP contribution in [0, 0.1) is 17.1 Å². The molecule has 0 aliphatic carbocycles. The molecular weight excluding hydrogens is 271 g/mol. The van der Waals surface area contributed by atoms with Crippen molar-refractivity contribution in [3.05, 3.63) is 50.9 Å². The van der Waals surface area contributed by atoms with E-state index < -0.39 is 5.82 Å². The van der Waals surface area contributed by atoms with Crippen molar-refractivity contribution in [2.75, 3.05) is 5.32 Å². The summed E-state index contributed by atoms with van der Waals surface area (Å²) in [6, 6.07) is 9.96. The molecule has 2 rings (SSSR count). The van der Waals surface area contributed by atoms with Crippen molar-refractivity contribution in [3.8, 4) is 6.07 Å². The third kappa shape index (κ3) is 2.81. The van der Waals surface area contributed by atoms with E-state index in [0.717, 1.165) is 4.88 Å². The molecule has 0 aliphatic heterocycles. The van der Waals surface area contributed by atoms with Crippen LogP contribution in [0.4, 0.5) is 10.1 Å². The van der Waals surface area contributed by atoms with E-state index in [-0.39, 0.29) is 6.04 Å². The van der Waals surface area contributed by atoms with Crippen LogP contribution < -0.4 is 5.32 Å². The van der Waals surface area contributed by atoms with Crippen LogP contribution in [0.2, 0.25) is 4.34 Å². The first-order valence-corrected chi connectivity index (χ1v) is 6.51. The van der Waals surface area contributed by atoms with Gasteiger partial charge >= 0.3 is 0 Å². The lowest BCUT2D eigenvalue weighted by atomic mass is 10.2. The minimum Gasteiger partial charge on any atom is -0.375 e.